The van der Waals surface area contributed by atoms with Crippen molar-refractivity contribution in [2.75, 3.05) is 25.4 Å². The molecule has 4 rings (SSSR count). The van der Waals surface area contributed by atoms with Gasteiger partial charge in [0.05, 0.1) is 11.7 Å². The van der Waals surface area contributed by atoms with E-state index in [1.54, 1.807) is 4.31 Å². The van der Waals surface area contributed by atoms with E-state index < -0.39 is 10.0 Å². The second-order valence-electron chi connectivity index (χ2n) is 8.38. The number of hydrogen-bond donors (Lipinski definition) is 0. The molecule has 6 heteroatoms. The normalized spacial score (nSPS) is 20.0. The molecule has 0 spiro atoms. The van der Waals surface area contributed by atoms with Crippen LogP contribution in [0.4, 0.5) is 0 Å². The summed E-state index contributed by atoms with van der Waals surface area (Å²) in [6.45, 7) is 2.20. The molecule has 2 aliphatic rings. The predicted molar refractivity (Wildman–Crippen MR) is 118 cm³/mol. The number of aryl methyl sites for hydroxylation is 1. The van der Waals surface area contributed by atoms with Crippen LogP contribution in [0.3, 0.4) is 0 Å². The van der Waals surface area contributed by atoms with Gasteiger partial charge in [0.15, 0.2) is 0 Å². The number of sulfonamides is 1. The van der Waals surface area contributed by atoms with Crippen molar-refractivity contribution in [2.45, 2.75) is 38.6 Å². The predicted octanol–water partition coefficient (Wildman–Crippen LogP) is 3.25. The van der Waals surface area contributed by atoms with Gasteiger partial charge in [0, 0.05) is 26.2 Å². The smallest absolute Gasteiger partial charge is 0.227 e. The van der Waals surface area contributed by atoms with Crippen LogP contribution in [-0.2, 0) is 34.2 Å². The number of benzene rings is 2. The lowest BCUT2D eigenvalue weighted by Gasteiger charge is -2.36. The van der Waals surface area contributed by atoms with Crippen molar-refractivity contribution in [3.05, 3.63) is 71.3 Å². The summed E-state index contributed by atoms with van der Waals surface area (Å²) in [5.74, 6) is 0.0153. The van der Waals surface area contributed by atoms with Gasteiger partial charge in [-0.25, -0.2) is 12.7 Å². The lowest BCUT2D eigenvalue weighted by Crippen LogP contribution is -2.48. The summed E-state index contributed by atoms with van der Waals surface area (Å²) in [7, 11) is -3.34. The Kier molecular flexibility index (Phi) is 6.54. The molecular weight excluding hydrogens is 396 g/mol. The summed E-state index contributed by atoms with van der Waals surface area (Å²) in [5.41, 5.74) is 3.68. The fraction of sp³-hybridized carbons (Fsp3) is 0.458. The van der Waals surface area contributed by atoms with E-state index in [1.165, 1.54) is 11.1 Å². The van der Waals surface area contributed by atoms with Crippen LogP contribution in [0.1, 0.15) is 36.0 Å². The molecule has 0 radical (unpaired) electrons. The van der Waals surface area contributed by atoms with Crippen LogP contribution in [0.5, 0.6) is 0 Å². The minimum absolute atomic E-state index is 0.105. The zero-order valence-corrected chi connectivity index (χ0v) is 18.2. The number of fused-ring (bicyclic) bond motifs is 1. The van der Waals surface area contributed by atoms with Crippen molar-refractivity contribution in [2.24, 2.45) is 5.92 Å². The standard InChI is InChI=1S/C24H30N2O3S/c27-24(25-16-14-21-11-4-5-12-22(21)18-25)23-13-6-15-26(19-23)30(28,29)17-7-10-20-8-2-1-3-9-20/h1-5,8-9,11-12,23H,6-7,10,13-19H2. The topological polar surface area (TPSA) is 57.7 Å². The van der Waals surface area contributed by atoms with Crippen molar-refractivity contribution in [3.8, 4) is 0 Å². The number of amides is 1. The quantitative estimate of drug-likeness (QED) is 0.713. The third-order valence-corrected chi connectivity index (χ3v) is 8.20. The maximum absolute atomic E-state index is 13.1. The Hall–Kier alpha value is -2.18. The second kappa shape index (κ2) is 9.31. The molecule has 1 atom stereocenters. The number of nitrogens with zero attached hydrogens (tertiary/aromatic N) is 2. The summed E-state index contributed by atoms with van der Waals surface area (Å²) in [6.07, 6.45) is 3.75. The molecule has 0 N–H and O–H groups in total. The molecule has 1 amide bonds. The molecule has 5 nitrogen and oxygen atoms in total. The summed E-state index contributed by atoms with van der Waals surface area (Å²) in [6, 6.07) is 18.2. The Morgan fingerprint density at radius 1 is 0.967 bits per heavy atom. The van der Waals surface area contributed by atoms with E-state index in [1.807, 2.05) is 47.4 Å². The molecule has 160 valence electrons. The molecule has 0 bridgehead atoms. The Labute approximate surface area is 179 Å². The molecule has 30 heavy (non-hydrogen) atoms. The summed E-state index contributed by atoms with van der Waals surface area (Å²) in [4.78, 5) is 15.1. The van der Waals surface area contributed by atoms with Gasteiger partial charge in [-0.15, -0.1) is 0 Å². The second-order valence-corrected chi connectivity index (χ2v) is 10.5. The zero-order chi connectivity index (χ0) is 21.0. The van der Waals surface area contributed by atoms with Gasteiger partial charge >= 0.3 is 0 Å². The highest BCUT2D eigenvalue weighted by atomic mass is 32.2. The summed E-state index contributed by atoms with van der Waals surface area (Å²) in [5, 5.41) is 0. The number of rotatable bonds is 6. The average Bonchev–Trinajstić information content (AvgIpc) is 2.79. The van der Waals surface area contributed by atoms with E-state index >= 15 is 0 Å². The largest absolute Gasteiger partial charge is 0.338 e. The van der Waals surface area contributed by atoms with Gasteiger partial charge < -0.3 is 4.90 Å². The van der Waals surface area contributed by atoms with E-state index in [2.05, 4.69) is 12.1 Å². The van der Waals surface area contributed by atoms with Crippen LogP contribution in [-0.4, -0.2) is 48.9 Å². The number of piperidine rings is 1. The molecular formula is C24H30N2O3S. The molecule has 2 aromatic rings. The highest BCUT2D eigenvalue weighted by molar-refractivity contribution is 7.89. The summed E-state index contributed by atoms with van der Waals surface area (Å²) < 4.78 is 27.3. The van der Waals surface area contributed by atoms with E-state index in [4.69, 9.17) is 0 Å². The average molecular weight is 427 g/mol. The van der Waals surface area contributed by atoms with E-state index in [0.717, 1.165) is 37.8 Å². The SMILES string of the molecule is O=C(C1CCCN(S(=O)(=O)CCCc2ccccc2)C1)N1CCc2ccccc2C1. The summed E-state index contributed by atoms with van der Waals surface area (Å²) >= 11 is 0. The molecule has 2 aromatic carbocycles. The maximum Gasteiger partial charge on any atom is 0.227 e. The first-order valence-corrected chi connectivity index (χ1v) is 12.5. The number of carbonyl (C=O) groups excluding carboxylic acids is 1. The van der Waals surface area contributed by atoms with Gasteiger partial charge in [0.1, 0.15) is 0 Å². The molecule has 0 aromatic heterocycles. The van der Waals surface area contributed by atoms with Crippen molar-refractivity contribution in [3.63, 3.8) is 0 Å². The Balaban J connectivity index is 1.34. The first-order chi connectivity index (χ1) is 14.5. The van der Waals surface area contributed by atoms with Crippen LogP contribution in [0, 0.1) is 5.92 Å². The fourth-order valence-electron chi connectivity index (χ4n) is 4.57. The molecule has 2 heterocycles. The Morgan fingerprint density at radius 2 is 1.70 bits per heavy atom. The van der Waals surface area contributed by atoms with Crippen molar-refractivity contribution in [1.82, 2.24) is 9.21 Å². The third-order valence-electron chi connectivity index (χ3n) is 6.28. The molecule has 1 saturated heterocycles. The molecule has 2 aliphatic heterocycles. The molecule has 1 fully saturated rings. The van der Waals surface area contributed by atoms with E-state index in [9.17, 15) is 13.2 Å². The monoisotopic (exact) mass is 426 g/mol. The van der Waals surface area contributed by atoms with Crippen LogP contribution in [0.25, 0.3) is 0 Å². The Bertz CT molecular complexity index is 975. The zero-order valence-electron chi connectivity index (χ0n) is 17.4. The number of carbonyl (C=O) groups is 1. The molecule has 1 unspecified atom stereocenters. The molecule has 0 saturated carbocycles. The van der Waals surface area contributed by atoms with Crippen molar-refractivity contribution in [1.29, 1.82) is 0 Å². The van der Waals surface area contributed by atoms with E-state index in [0.29, 0.717) is 26.1 Å². The Morgan fingerprint density at radius 3 is 2.50 bits per heavy atom. The van der Waals surface area contributed by atoms with Crippen LogP contribution in [0.15, 0.2) is 54.6 Å². The van der Waals surface area contributed by atoms with Gasteiger partial charge in [-0.05, 0) is 48.8 Å². The third kappa shape index (κ3) is 4.93. The first kappa shape index (κ1) is 21.1. The first-order valence-electron chi connectivity index (χ1n) is 10.9. The minimum atomic E-state index is -3.34. The number of hydrogen-bond acceptors (Lipinski definition) is 3. The van der Waals surface area contributed by atoms with Crippen molar-refractivity contribution < 1.29 is 13.2 Å². The lowest BCUT2D eigenvalue weighted by molar-refractivity contribution is -0.137. The van der Waals surface area contributed by atoms with E-state index in [-0.39, 0.29) is 17.6 Å². The van der Waals surface area contributed by atoms with Gasteiger partial charge in [0.2, 0.25) is 15.9 Å². The highest BCUT2D eigenvalue weighted by Crippen LogP contribution is 2.25. The fourth-order valence-corrected chi connectivity index (χ4v) is 6.15. The highest BCUT2D eigenvalue weighted by Gasteiger charge is 2.34. The lowest BCUT2D eigenvalue weighted by atomic mass is 9.95. The van der Waals surface area contributed by atoms with Gasteiger partial charge in [-0.2, -0.15) is 0 Å². The van der Waals surface area contributed by atoms with Crippen LogP contribution < -0.4 is 0 Å². The minimum Gasteiger partial charge on any atom is -0.338 e. The van der Waals surface area contributed by atoms with Gasteiger partial charge in [-0.1, -0.05) is 54.6 Å². The van der Waals surface area contributed by atoms with Gasteiger partial charge in [0.25, 0.3) is 0 Å². The van der Waals surface area contributed by atoms with Crippen molar-refractivity contribution >= 4 is 15.9 Å². The maximum atomic E-state index is 13.1. The molecule has 0 aliphatic carbocycles. The van der Waals surface area contributed by atoms with Crippen LogP contribution >= 0.6 is 0 Å². The van der Waals surface area contributed by atoms with Gasteiger partial charge in [-0.3, -0.25) is 4.79 Å². The van der Waals surface area contributed by atoms with Crippen LogP contribution in [0.2, 0.25) is 0 Å².